The van der Waals surface area contributed by atoms with Crippen LogP contribution in [0, 0.1) is 5.92 Å². The molecule has 1 heterocycles. The van der Waals surface area contributed by atoms with Crippen LogP contribution in [0.1, 0.15) is 19.8 Å². The highest BCUT2D eigenvalue weighted by molar-refractivity contribution is 7.89. The molecule has 0 atom stereocenters. The fraction of sp³-hybridized carbons (Fsp3) is 0.571. The van der Waals surface area contributed by atoms with Crippen molar-refractivity contribution in [3.8, 4) is 5.75 Å². The van der Waals surface area contributed by atoms with Crippen LogP contribution in [0.3, 0.4) is 0 Å². The zero-order chi connectivity index (χ0) is 15.5. The number of aliphatic hydroxyl groups is 1. The Balaban J connectivity index is 2.29. The van der Waals surface area contributed by atoms with Gasteiger partial charge in [0.1, 0.15) is 10.6 Å². The predicted octanol–water partition coefficient (Wildman–Crippen LogP) is 1.06. The van der Waals surface area contributed by atoms with Gasteiger partial charge in [-0.1, -0.05) is 0 Å². The van der Waals surface area contributed by atoms with Gasteiger partial charge < -0.3 is 15.6 Å². The first-order valence-electron chi connectivity index (χ1n) is 7.12. The number of ether oxygens (including phenoxy) is 1. The molecule has 1 aromatic rings. The molecule has 2 rings (SSSR count). The second-order valence-corrected chi connectivity index (χ2v) is 7.08. The Bertz CT molecular complexity index is 581. The van der Waals surface area contributed by atoms with Crippen molar-refractivity contribution in [2.24, 2.45) is 5.92 Å². The van der Waals surface area contributed by atoms with Gasteiger partial charge in [-0.15, -0.1) is 0 Å². The number of hydrogen-bond donors (Lipinski definition) is 2. The topological polar surface area (TPSA) is 92.9 Å². The lowest BCUT2D eigenvalue weighted by molar-refractivity contribution is 0.170. The van der Waals surface area contributed by atoms with E-state index in [4.69, 9.17) is 15.6 Å². The van der Waals surface area contributed by atoms with Crippen LogP contribution < -0.4 is 10.5 Å². The summed E-state index contributed by atoms with van der Waals surface area (Å²) in [5.74, 6) is 0.514. The average Bonchev–Trinajstić information content (AvgIpc) is 2.49. The van der Waals surface area contributed by atoms with Gasteiger partial charge in [-0.25, -0.2) is 8.42 Å². The zero-order valence-corrected chi connectivity index (χ0v) is 13.0. The van der Waals surface area contributed by atoms with Crippen molar-refractivity contribution in [1.29, 1.82) is 0 Å². The number of sulfonamides is 1. The van der Waals surface area contributed by atoms with Gasteiger partial charge in [0.15, 0.2) is 0 Å². The molecule has 118 valence electrons. The molecule has 0 bridgehead atoms. The van der Waals surface area contributed by atoms with E-state index < -0.39 is 10.0 Å². The lowest BCUT2D eigenvalue weighted by atomic mass is 10.00. The lowest BCUT2D eigenvalue weighted by Crippen LogP contribution is -2.39. The highest BCUT2D eigenvalue weighted by atomic mass is 32.2. The number of nitrogen functional groups attached to an aromatic ring is 1. The molecule has 1 fully saturated rings. The molecule has 6 nitrogen and oxygen atoms in total. The van der Waals surface area contributed by atoms with Crippen molar-refractivity contribution in [1.82, 2.24) is 4.31 Å². The number of aliphatic hydroxyl groups excluding tert-OH is 1. The number of rotatable bonds is 5. The first-order chi connectivity index (χ1) is 9.98. The summed E-state index contributed by atoms with van der Waals surface area (Å²) < 4.78 is 32.4. The molecule has 3 N–H and O–H groups in total. The molecule has 1 saturated heterocycles. The summed E-state index contributed by atoms with van der Waals surface area (Å²) in [5.41, 5.74) is 6.11. The van der Waals surface area contributed by atoms with Gasteiger partial charge in [0.05, 0.1) is 6.61 Å². The van der Waals surface area contributed by atoms with Gasteiger partial charge in [-0.3, -0.25) is 0 Å². The summed E-state index contributed by atoms with van der Waals surface area (Å²) in [6.45, 7) is 3.12. The van der Waals surface area contributed by atoms with Gasteiger partial charge in [-0.05, 0) is 43.9 Å². The Morgan fingerprint density at radius 2 is 2.05 bits per heavy atom. The fourth-order valence-corrected chi connectivity index (χ4v) is 4.11. The van der Waals surface area contributed by atoms with Crippen molar-refractivity contribution >= 4 is 15.7 Å². The van der Waals surface area contributed by atoms with Gasteiger partial charge in [0.25, 0.3) is 0 Å². The van der Waals surface area contributed by atoms with E-state index >= 15 is 0 Å². The number of anilines is 1. The molecule has 0 aromatic heterocycles. The van der Waals surface area contributed by atoms with E-state index in [1.165, 1.54) is 10.4 Å². The SMILES string of the molecule is CCOc1ccc(N)cc1S(=O)(=O)N1CCC(CO)CC1. The van der Waals surface area contributed by atoms with Crippen LogP contribution in [-0.4, -0.2) is 44.1 Å². The number of benzene rings is 1. The second-order valence-electron chi connectivity index (χ2n) is 5.17. The van der Waals surface area contributed by atoms with E-state index in [1.54, 1.807) is 19.1 Å². The van der Waals surface area contributed by atoms with E-state index in [0.29, 0.717) is 44.0 Å². The molecule has 0 unspecified atom stereocenters. The Morgan fingerprint density at radius 1 is 1.38 bits per heavy atom. The number of piperidine rings is 1. The third-order valence-electron chi connectivity index (χ3n) is 3.72. The molecule has 0 aliphatic carbocycles. The maximum Gasteiger partial charge on any atom is 0.246 e. The molecule has 0 amide bonds. The van der Waals surface area contributed by atoms with Crippen LogP contribution in [0.2, 0.25) is 0 Å². The summed E-state index contributed by atoms with van der Waals surface area (Å²) in [6, 6.07) is 4.66. The monoisotopic (exact) mass is 314 g/mol. The van der Waals surface area contributed by atoms with Gasteiger partial charge >= 0.3 is 0 Å². The third kappa shape index (κ3) is 3.48. The molecule has 0 spiro atoms. The van der Waals surface area contributed by atoms with Crippen molar-refractivity contribution in [2.75, 3.05) is 32.0 Å². The number of nitrogens with two attached hydrogens (primary N) is 1. The van der Waals surface area contributed by atoms with Crippen LogP contribution in [-0.2, 0) is 10.0 Å². The van der Waals surface area contributed by atoms with E-state index in [-0.39, 0.29) is 17.4 Å². The smallest absolute Gasteiger partial charge is 0.246 e. The van der Waals surface area contributed by atoms with Gasteiger partial charge in [0, 0.05) is 25.4 Å². The van der Waals surface area contributed by atoms with E-state index in [9.17, 15) is 8.42 Å². The molecule has 0 saturated carbocycles. The summed E-state index contributed by atoms with van der Waals surface area (Å²) in [5, 5.41) is 9.14. The minimum atomic E-state index is -3.62. The maximum atomic E-state index is 12.8. The van der Waals surface area contributed by atoms with Crippen molar-refractivity contribution in [3.63, 3.8) is 0 Å². The van der Waals surface area contributed by atoms with Crippen LogP contribution in [0.25, 0.3) is 0 Å². The molecular weight excluding hydrogens is 292 g/mol. The molecule has 21 heavy (non-hydrogen) atoms. The molecule has 7 heteroatoms. The van der Waals surface area contributed by atoms with Crippen molar-refractivity contribution in [3.05, 3.63) is 18.2 Å². The van der Waals surface area contributed by atoms with Crippen LogP contribution in [0.5, 0.6) is 5.75 Å². The third-order valence-corrected chi connectivity index (χ3v) is 5.64. The van der Waals surface area contributed by atoms with Crippen LogP contribution in [0.15, 0.2) is 23.1 Å². The molecule has 1 aliphatic heterocycles. The summed E-state index contributed by atoms with van der Waals surface area (Å²) >= 11 is 0. The standard InChI is InChI=1S/C14H22N2O4S/c1-2-20-13-4-3-12(15)9-14(13)21(18,19)16-7-5-11(10-17)6-8-16/h3-4,9,11,17H,2,5-8,10,15H2,1H3. The van der Waals surface area contributed by atoms with Crippen LogP contribution >= 0.6 is 0 Å². The number of hydrogen-bond acceptors (Lipinski definition) is 5. The van der Waals surface area contributed by atoms with Gasteiger partial charge in [-0.2, -0.15) is 4.31 Å². The molecular formula is C14H22N2O4S. The molecule has 0 radical (unpaired) electrons. The normalized spacial score (nSPS) is 17.8. The molecule has 1 aromatic carbocycles. The van der Waals surface area contributed by atoms with Gasteiger partial charge in [0.2, 0.25) is 10.0 Å². The first kappa shape index (κ1) is 16.1. The second kappa shape index (κ2) is 6.64. The Hall–Kier alpha value is -1.31. The van der Waals surface area contributed by atoms with Crippen molar-refractivity contribution < 1.29 is 18.3 Å². The minimum absolute atomic E-state index is 0.108. The number of nitrogens with zero attached hydrogens (tertiary/aromatic N) is 1. The lowest BCUT2D eigenvalue weighted by Gasteiger charge is -2.30. The first-order valence-corrected chi connectivity index (χ1v) is 8.56. The zero-order valence-electron chi connectivity index (χ0n) is 12.2. The highest BCUT2D eigenvalue weighted by Gasteiger charge is 2.31. The minimum Gasteiger partial charge on any atom is -0.492 e. The maximum absolute atomic E-state index is 12.8. The Morgan fingerprint density at radius 3 is 2.62 bits per heavy atom. The predicted molar refractivity (Wildman–Crippen MR) is 80.6 cm³/mol. The Kier molecular flexibility index (Phi) is 5.08. The average molecular weight is 314 g/mol. The summed E-state index contributed by atoms with van der Waals surface area (Å²) in [6.07, 6.45) is 1.34. The summed E-state index contributed by atoms with van der Waals surface area (Å²) in [4.78, 5) is 0.117. The Labute approximate surface area is 125 Å². The van der Waals surface area contributed by atoms with E-state index in [2.05, 4.69) is 0 Å². The van der Waals surface area contributed by atoms with E-state index in [1.807, 2.05) is 0 Å². The quantitative estimate of drug-likeness (QED) is 0.793. The largest absolute Gasteiger partial charge is 0.492 e. The van der Waals surface area contributed by atoms with E-state index in [0.717, 1.165) is 0 Å². The van der Waals surface area contributed by atoms with Crippen molar-refractivity contribution in [2.45, 2.75) is 24.7 Å². The fourth-order valence-electron chi connectivity index (χ4n) is 2.47. The molecule has 1 aliphatic rings. The highest BCUT2D eigenvalue weighted by Crippen LogP contribution is 2.31. The summed E-state index contributed by atoms with van der Waals surface area (Å²) in [7, 11) is -3.62. The van der Waals surface area contributed by atoms with Crippen LogP contribution in [0.4, 0.5) is 5.69 Å².